The number of hydrogen-bond donors (Lipinski definition) is 2. The third kappa shape index (κ3) is 2.09. The van der Waals surface area contributed by atoms with E-state index in [0.717, 1.165) is 32.1 Å². The molecule has 1 aromatic rings. The van der Waals surface area contributed by atoms with Gasteiger partial charge in [0.2, 0.25) is 5.16 Å². The smallest absolute Gasteiger partial charge is 0.277 e. The number of rotatable bonds is 3. The fourth-order valence-corrected chi connectivity index (χ4v) is 5.33. The topological polar surface area (TPSA) is 86.3 Å². The van der Waals surface area contributed by atoms with Crippen LogP contribution in [0.3, 0.4) is 0 Å². The van der Waals surface area contributed by atoms with Crippen molar-refractivity contribution in [3.05, 3.63) is 12.4 Å². The third-order valence-corrected chi connectivity index (χ3v) is 6.17. The molecule has 3 atom stereocenters. The lowest BCUT2D eigenvalue weighted by Crippen LogP contribution is -2.44. The maximum atomic E-state index is 12.6. The monoisotopic (exact) mass is 285 g/mol. The lowest BCUT2D eigenvalue weighted by Gasteiger charge is -2.31. The van der Waals surface area contributed by atoms with Crippen LogP contribution >= 0.6 is 0 Å². The standard InChI is InChI=1S/C12H19N3O3S/c16-8-10-7-9-3-1-2-4-11(9)15(10)19(17,18)12-13-5-6-14-12/h5-6,9-11,16H,1-4,7-8H2,(H,13,14)/t9-,10-,11-/m0/s1. The van der Waals surface area contributed by atoms with Gasteiger partial charge in [-0.2, -0.15) is 4.31 Å². The summed E-state index contributed by atoms with van der Waals surface area (Å²) in [6.45, 7) is -0.118. The summed E-state index contributed by atoms with van der Waals surface area (Å²) in [4.78, 5) is 6.54. The second kappa shape index (κ2) is 4.88. The van der Waals surface area contributed by atoms with Crippen molar-refractivity contribution in [2.24, 2.45) is 5.92 Å². The highest BCUT2D eigenvalue weighted by Gasteiger charge is 2.48. The normalized spacial score (nSPS) is 32.4. The van der Waals surface area contributed by atoms with Gasteiger partial charge in [-0.05, 0) is 25.2 Å². The summed E-state index contributed by atoms with van der Waals surface area (Å²) in [7, 11) is -3.62. The van der Waals surface area contributed by atoms with Crippen LogP contribution in [0, 0.1) is 5.92 Å². The molecule has 1 aliphatic heterocycles. The average molecular weight is 285 g/mol. The first-order chi connectivity index (χ1) is 9.14. The molecule has 1 saturated heterocycles. The Bertz CT molecular complexity index is 528. The van der Waals surface area contributed by atoms with E-state index in [0.29, 0.717) is 5.92 Å². The molecule has 7 heteroatoms. The van der Waals surface area contributed by atoms with Crippen LogP contribution in [0.2, 0.25) is 0 Å². The van der Waals surface area contributed by atoms with E-state index in [-0.39, 0.29) is 23.8 Å². The Morgan fingerprint density at radius 1 is 1.42 bits per heavy atom. The second-order valence-corrected chi connectivity index (χ2v) is 7.17. The molecule has 0 aromatic carbocycles. The fourth-order valence-electron chi connectivity index (χ4n) is 3.54. The van der Waals surface area contributed by atoms with E-state index in [4.69, 9.17) is 0 Å². The molecule has 0 spiro atoms. The van der Waals surface area contributed by atoms with E-state index < -0.39 is 10.0 Å². The van der Waals surface area contributed by atoms with Crippen molar-refractivity contribution in [1.29, 1.82) is 0 Å². The van der Waals surface area contributed by atoms with Crippen LogP contribution in [0.15, 0.2) is 17.6 Å². The minimum atomic E-state index is -3.62. The molecule has 1 saturated carbocycles. The van der Waals surface area contributed by atoms with E-state index in [1.54, 1.807) is 0 Å². The van der Waals surface area contributed by atoms with Gasteiger partial charge in [0.05, 0.1) is 6.61 Å². The highest BCUT2D eigenvalue weighted by atomic mass is 32.2. The summed E-state index contributed by atoms with van der Waals surface area (Å²) in [5.41, 5.74) is 0. The highest BCUT2D eigenvalue weighted by Crippen LogP contribution is 2.42. The Kier molecular flexibility index (Phi) is 3.36. The molecule has 6 nitrogen and oxygen atoms in total. The first kappa shape index (κ1) is 13.1. The molecule has 0 bridgehead atoms. The predicted molar refractivity (Wildman–Crippen MR) is 68.8 cm³/mol. The number of nitrogens with zero attached hydrogens (tertiary/aromatic N) is 2. The van der Waals surface area contributed by atoms with Crippen LogP contribution in [-0.4, -0.2) is 46.5 Å². The van der Waals surface area contributed by atoms with Gasteiger partial charge in [-0.1, -0.05) is 12.8 Å². The van der Waals surface area contributed by atoms with Crippen molar-refractivity contribution < 1.29 is 13.5 Å². The van der Waals surface area contributed by atoms with Crippen LogP contribution in [0.5, 0.6) is 0 Å². The summed E-state index contributed by atoms with van der Waals surface area (Å²) in [6.07, 6.45) is 7.88. The zero-order valence-corrected chi connectivity index (χ0v) is 11.5. The zero-order valence-electron chi connectivity index (χ0n) is 10.7. The van der Waals surface area contributed by atoms with Crippen LogP contribution in [0.25, 0.3) is 0 Å². The molecule has 0 amide bonds. The first-order valence-electron chi connectivity index (χ1n) is 6.78. The number of sulfonamides is 1. The van der Waals surface area contributed by atoms with Crippen molar-refractivity contribution in [2.45, 2.75) is 49.3 Å². The van der Waals surface area contributed by atoms with Gasteiger partial charge >= 0.3 is 0 Å². The number of H-pyrrole nitrogens is 1. The van der Waals surface area contributed by atoms with Gasteiger partial charge in [0, 0.05) is 24.5 Å². The average Bonchev–Trinajstić information content (AvgIpc) is 3.05. The van der Waals surface area contributed by atoms with E-state index in [2.05, 4.69) is 9.97 Å². The number of aromatic amines is 1. The van der Waals surface area contributed by atoms with Crippen LogP contribution in [0.4, 0.5) is 0 Å². The molecule has 106 valence electrons. The minimum absolute atomic E-state index is 0.0165. The van der Waals surface area contributed by atoms with Crippen molar-refractivity contribution in [3.63, 3.8) is 0 Å². The second-order valence-electron chi connectivity index (χ2n) is 5.41. The molecule has 0 radical (unpaired) electrons. The Hall–Kier alpha value is -0.920. The lowest BCUT2D eigenvalue weighted by atomic mass is 9.85. The molecule has 3 rings (SSSR count). The summed E-state index contributed by atoms with van der Waals surface area (Å²) in [5.74, 6) is 0.385. The first-order valence-corrected chi connectivity index (χ1v) is 8.22. The van der Waals surface area contributed by atoms with Crippen molar-refractivity contribution >= 4 is 10.0 Å². The van der Waals surface area contributed by atoms with Gasteiger partial charge in [-0.25, -0.2) is 13.4 Å². The molecule has 2 aliphatic rings. The van der Waals surface area contributed by atoms with Gasteiger partial charge in [-0.15, -0.1) is 0 Å². The fraction of sp³-hybridized carbons (Fsp3) is 0.750. The van der Waals surface area contributed by atoms with E-state index in [9.17, 15) is 13.5 Å². The number of aliphatic hydroxyl groups excluding tert-OH is 1. The molecule has 1 aromatic heterocycles. The van der Waals surface area contributed by atoms with Gasteiger partial charge in [-0.3, -0.25) is 0 Å². The summed E-state index contributed by atoms with van der Waals surface area (Å²) in [6, 6.07) is -0.274. The van der Waals surface area contributed by atoms with Crippen molar-refractivity contribution in [1.82, 2.24) is 14.3 Å². The molecular weight excluding hydrogens is 266 g/mol. The van der Waals surface area contributed by atoms with Crippen LogP contribution < -0.4 is 0 Å². The van der Waals surface area contributed by atoms with Gasteiger partial charge in [0.1, 0.15) is 0 Å². The van der Waals surface area contributed by atoms with E-state index >= 15 is 0 Å². The number of nitrogens with one attached hydrogen (secondary N) is 1. The Labute approximate surface area is 112 Å². The van der Waals surface area contributed by atoms with Crippen LogP contribution in [0.1, 0.15) is 32.1 Å². The summed E-state index contributed by atoms with van der Waals surface area (Å²) >= 11 is 0. The van der Waals surface area contributed by atoms with E-state index in [1.165, 1.54) is 16.7 Å². The van der Waals surface area contributed by atoms with E-state index in [1.807, 2.05) is 0 Å². The number of aliphatic hydroxyl groups is 1. The van der Waals surface area contributed by atoms with Crippen LogP contribution in [-0.2, 0) is 10.0 Å². The van der Waals surface area contributed by atoms with Crippen molar-refractivity contribution in [2.75, 3.05) is 6.61 Å². The molecular formula is C12H19N3O3S. The Morgan fingerprint density at radius 2 is 2.21 bits per heavy atom. The molecule has 2 fully saturated rings. The summed E-state index contributed by atoms with van der Waals surface area (Å²) < 4.78 is 26.8. The highest BCUT2D eigenvalue weighted by molar-refractivity contribution is 7.89. The minimum Gasteiger partial charge on any atom is -0.395 e. The molecule has 2 N–H and O–H groups in total. The predicted octanol–water partition coefficient (Wildman–Crippen LogP) is 0.724. The number of imidazole rings is 1. The lowest BCUT2D eigenvalue weighted by molar-refractivity contribution is 0.186. The van der Waals surface area contributed by atoms with Gasteiger partial charge in [0.15, 0.2) is 0 Å². The quantitative estimate of drug-likeness (QED) is 0.857. The number of fused-ring (bicyclic) bond motifs is 1. The van der Waals surface area contributed by atoms with Gasteiger partial charge in [0.25, 0.3) is 10.0 Å². The summed E-state index contributed by atoms with van der Waals surface area (Å²) in [5, 5.41) is 9.49. The maximum Gasteiger partial charge on any atom is 0.277 e. The SMILES string of the molecule is O=S(=O)(c1ncc[nH]1)N1[C@H](CO)C[C@@H]2CCCC[C@@H]21. The largest absolute Gasteiger partial charge is 0.395 e. The Balaban J connectivity index is 1.97. The zero-order chi connectivity index (χ0) is 13.5. The number of hydrogen-bond acceptors (Lipinski definition) is 4. The Morgan fingerprint density at radius 3 is 2.89 bits per heavy atom. The molecule has 19 heavy (non-hydrogen) atoms. The maximum absolute atomic E-state index is 12.6. The number of aromatic nitrogens is 2. The molecule has 2 heterocycles. The molecule has 1 aliphatic carbocycles. The molecule has 0 unspecified atom stereocenters. The van der Waals surface area contributed by atoms with Gasteiger partial charge < -0.3 is 10.1 Å². The third-order valence-electron chi connectivity index (χ3n) is 4.34. The van der Waals surface area contributed by atoms with Crippen molar-refractivity contribution in [3.8, 4) is 0 Å².